The van der Waals surface area contributed by atoms with Gasteiger partial charge in [0.25, 0.3) is 0 Å². The lowest BCUT2D eigenvalue weighted by molar-refractivity contribution is 0.495. The van der Waals surface area contributed by atoms with Crippen LogP contribution in [0.3, 0.4) is 0 Å². The fourth-order valence-electron chi connectivity index (χ4n) is 0.309. The van der Waals surface area contributed by atoms with Crippen molar-refractivity contribution in [1.29, 1.82) is 0 Å². The van der Waals surface area contributed by atoms with Gasteiger partial charge in [0, 0.05) is 22.7 Å². The molecule has 0 saturated carbocycles. The van der Waals surface area contributed by atoms with Gasteiger partial charge in [-0.3, -0.25) is 5.84 Å². The highest BCUT2D eigenvalue weighted by atomic mass is 79.9. The second-order valence-corrected chi connectivity index (χ2v) is 2.39. The predicted molar refractivity (Wildman–Crippen MR) is 34.7 cm³/mol. The van der Waals surface area contributed by atoms with Gasteiger partial charge < -0.3 is 0 Å². The third-order valence-electron chi connectivity index (χ3n) is 0.725. The maximum Gasteiger partial charge on any atom is 0.0283 e. The van der Waals surface area contributed by atoms with Crippen LogP contribution in [0.15, 0.2) is 0 Å². The van der Waals surface area contributed by atoms with Crippen LogP contribution in [0.1, 0.15) is 19.8 Å². The molecule has 0 aliphatic heterocycles. The zero-order valence-electron chi connectivity index (χ0n) is 4.52. The first-order valence-electron chi connectivity index (χ1n) is 2.45. The van der Waals surface area contributed by atoms with E-state index in [1.165, 1.54) is 10.5 Å². The summed E-state index contributed by atoms with van der Waals surface area (Å²) in [6, 6.07) is 0. The molecule has 0 atom stereocenters. The molecule has 0 rings (SSSR count). The Hall–Kier alpha value is 0.400. The van der Waals surface area contributed by atoms with E-state index in [9.17, 15) is 0 Å². The van der Waals surface area contributed by atoms with Crippen molar-refractivity contribution in [3.63, 3.8) is 0 Å². The molecule has 0 spiro atoms. The lowest BCUT2D eigenvalue weighted by Crippen LogP contribution is -2.19. The third-order valence-corrected chi connectivity index (χ3v) is 1.08. The molecule has 44 valence electrons. The molecule has 0 aromatic carbocycles. The van der Waals surface area contributed by atoms with E-state index in [0.717, 1.165) is 13.0 Å². The second-order valence-electron chi connectivity index (χ2n) is 1.48. The highest BCUT2D eigenvalue weighted by Crippen LogP contribution is 1.92. The molecule has 0 aliphatic rings. The van der Waals surface area contributed by atoms with Crippen molar-refractivity contribution in [2.45, 2.75) is 19.8 Å². The highest BCUT2D eigenvalue weighted by molar-refractivity contribution is 9.07. The summed E-state index contributed by atoms with van der Waals surface area (Å²) in [7, 11) is 0. The minimum atomic E-state index is 0.927. The molecular formula is C4H11BrN2. The first-order chi connectivity index (χ1) is 3.27. The minimum absolute atomic E-state index is 0.927. The highest BCUT2D eigenvalue weighted by Gasteiger charge is 1.86. The maximum absolute atomic E-state index is 5.23. The molecule has 0 saturated heterocycles. The van der Waals surface area contributed by atoms with Crippen molar-refractivity contribution in [1.82, 2.24) is 4.03 Å². The van der Waals surface area contributed by atoms with Crippen LogP contribution in [0.2, 0.25) is 0 Å². The summed E-state index contributed by atoms with van der Waals surface area (Å²) >= 11 is 3.09. The number of hydrazine groups is 1. The Bertz CT molecular complexity index is 38.7. The van der Waals surface area contributed by atoms with Crippen molar-refractivity contribution in [3.05, 3.63) is 0 Å². The summed E-state index contributed by atoms with van der Waals surface area (Å²) in [5.74, 6) is 5.23. The van der Waals surface area contributed by atoms with Gasteiger partial charge in [0.2, 0.25) is 0 Å². The van der Waals surface area contributed by atoms with Crippen LogP contribution in [0.4, 0.5) is 0 Å². The summed E-state index contributed by atoms with van der Waals surface area (Å²) in [5, 5.41) is 0. The molecular weight excluding hydrogens is 156 g/mol. The summed E-state index contributed by atoms with van der Waals surface area (Å²) < 4.78 is 1.52. The Kier molecular flexibility index (Phi) is 4.82. The Labute approximate surface area is 53.0 Å². The number of nitrogens with zero attached hydrogens (tertiary/aromatic N) is 1. The van der Waals surface area contributed by atoms with E-state index in [4.69, 9.17) is 5.84 Å². The second kappa shape index (κ2) is 4.56. The molecule has 7 heavy (non-hydrogen) atoms. The van der Waals surface area contributed by atoms with Crippen LogP contribution >= 0.6 is 16.1 Å². The SMILES string of the molecule is CCCCN(N)Br. The Balaban J connectivity index is 2.68. The van der Waals surface area contributed by atoms with Gasteiger partial charge in [-0.05, 0) is 6.42 Å². The van der Waals surface area contributed by atoms with Crippen molar-refractivity contribution in [2.75, 3.05) is 6.54 Å². The number of halogens is 1. The van der Waals surface area contributed by atoms with E-state index < -0.39 is 0 Å². The summed E-state index contributed by atoms with van der Waals surface area (Å²) in [6.07, 6.45) is 2.35. The van der Waals surface area contributed by atoms with Crippen LogP contribution in [-0.4, -0.2) is 10.6 Å². The Morgan fingerprint density at radius 1 is 1.71 bits per heavy atom. The molecule has 2 nitrogen and oxygen atoms in total. The Morgan fingerprint density at radius 2 is 2.29 bits per heavy atom. The fourth-order valence-corrected chi connectivity index (χ4v) is 0.560. The minimum Gasteiger partial charge on any atom is -0.259 e. The normalized spacial score (nSPS) is 10.3. The largest absolute Gasteiger partial charge is 0.259 e. The summed E-state index contributed by atoms with van der Waals surface area (Å²) in [5.41, 5.74) is 0. The van der Waals surface area contributed by atoms with Crippen molar-refractivity contribution in [3.8, 4) is 0 Å². The van der Waals surface area contributed by atoms with Gasteiger partial charge in [0.15, 0.2) is 0 Å². The fraction of sp³-hybridized carbons (Fsp3) is 1.00. The van der Waals surface area contributed by atoms with Crippen LogP contribution in [0.25, 0.3) is 0 Å². The van der Waals surface area contributed by atoms with E-state index in [1.54, 1.807) is 0 Å². The van der Waals surface area contributed by atoms with Gasteiger partial charge >= 0.3 is 0 Å². The average Bonchev–Trinajstić information content (AvgIpc) is 1.61. The zero-order valence-corrected chi connectivity index (χ0v) is 6.11. The number of nitrogens with two attached hydrogens (primary N) is 1. The van der Waals surface area contributed by atoms with Crippen LogP contribution in [0, 0.1) is 0 Å². The van der Waals surface area contributed by atoms with Crippen molar-refractivity contribution >= 4 is 16.1 Å². The van der Waals surface area contributed by atoms with E-state index in [1.807, 2.05) is 0 Å². The summed E-state index contributed by atoms with van der Waals surface area (Å²) in [6.45, 7) is 3.06. The third kappa shape index (κ3) is 6.40. The molecule has 2 N–H and O–H groups in total. The van der Waals surface area contributed by atoms with E-state index >= 15 is 0 Å². The smallest absolute Gasteiger partial charge is 0.0283 e. The monoisotopic (exact) mass is 166 g/mol. The molecule has 0 fully saturated rings. The average molecular weight is 167 g/mol. The van der Waals surface area contributed by atoms with Crippen LogP contribution < -0.4 is 5.84 Å². The quantitative estimate of drug-likeness (QED) is 0.389. The molecule has 3 heteroatoms. The van der Waals surface area contributed by atoms with E-state index in [-0.39, 0.29) is 0 Å². The van der Waals surface area contributed by atoms with E-state index in [2.05, 4.69) is 23.1 Å². The van der Waals surface area contributed by atoms with Crippen LogP contribution in [-0.2, 0) is 0 Å². The standard InChI is InChI=1S/C4H11BrN2/c1-2-3-4-7(5)6/h2-4,6H2,1H3. The maximum atomic E-state index is 5.23. The van der Waals surface area contributed by atoms with Gasteiger partial charge in [0.1, 0.15) is 0 Å². The predicted octanol–water partition coefficient (Wildman–Crippen LogP) is 1.27. The summed E-state index contributed by atoms with van der Waals surface area (Å²) in [4.78, 5) is 0. The molecule has 0 bridgehead atoms. The number of unbranched alkanes of at least 4 members (excludes halogenated alkanes) is 1. The van der Waals surface area contributed by atoms with Crippen LogP contribution in [0.5, 0.6) is 0 Å². The molecule has 0 aromatic rings. The molecule has 0 unspecified atom stereocenters. The Morgan fingerprint density at radius 3 is 2.43 bits per heavy atom. The zero-order chi connectivity index (χ0) is 5.70. The first-order valence-corrected chi connectivity index (χ1v) is 3.16. The first kappa shape index (κ1) is 7.40. The van der Waals surface area contributed by atoms with Gasteiger partial charge in [0.05, 0.1) is 0 Å². The molecule has 0 heterocycles. The molecule has 0 aromatic heterocycles. The molecule has 0 amide bonds. The van der Waals surface area contributed by atoms with Crippen molar-refractivity contribution < 1.29 is 0 Å². The number of rotatable bonds is 3. The topological polar surface area (TPSA) is 29.3 Å². The van der Waals surface area contributed by atoms with Crippen molar-refractivity contribution in [2.24, 2.45) is 5.84 Å². The molecule has 0 radical (unpaired) electrons. The van der Waals surface area contributed by atoms with Gasteiger partial charge in [-0.1, -0.05) is 13.3 Å². The van der Waals surface area contributed by atoms with Gasteiger partial charge in [-0.2, -0.15) is 4.03 Å². The van der Waals surface area contributed by atoms with Gasteiger partial charge in [-0.25, -0.2) is 0 Å². The molecule has 0 aliphatic carbocycles. The lowest BCUT2D eigenvalue weighted by Gasteiger charge is -2.02. The number of hydrogen-bond donors (Lipinski definition) is 1. The number of hydrogen-bond acceptors (Lipinski definition) is 2. The lowest BCUT2D eigenvalue weighted by atomic mass is 10.3. The van der Waals surface area contributed by atoms with Gasteiger partial charge in [-0.15, -0.1) is 0 Å². The van der Waals surface area contributed by atoms with E-state index in [0.29, 0.717) is 0 Å².